The number of hydrogen-bond acceptors (Lipinski definition) is 3. The average Bonchev–Trinajstić information content (AvgIpc) is 3.01. The van der Waals surface area contributed by atoms with E-state index in [1.54, 1.807) is 0 Å². The molecule has 0 spiro atoms. The van der Waals surface area contributed by atoms with Crippen molar-refractivity contribution in [3.05, 3.63) is 12.2 Å². The van der Waals surface area contributed by atoms with E-state index >= 15 is 0 Å². The van der Waals surface area contributed by atoms with Crippen LogP contribution in [0.3, 0.4) is 0 Å². The molecule has 8 atom stereocenters. The number of allylic oxidation sites excluding steroid dienone is 1. The van der Waals surface area contributed by atoms with E-state index in [4.69, 9.17) is 4.74 Å². The predicted octanol–water partition coefficient (Wildman–Crippen LogP) is 4.34. The first-order valence-electron chi connectivity index (χ1n) is 9.37. The average molecular weight is 335 g/mol. The Morgan fingerprint density at radius 2 is 1.92 bits per heavy atom. The van der Waals surface area contributed by atoms with Gasteiger partial charge in [0.1, 0.15) is 6.29 Å². The van der Waals surface area contributed by atoms with E-state index in [0.29, 0.717) is 11.8 Å². The van der Waals surface area contributed by atoms with Crippen LogP contribution in [0, 0.1) is 34.5 Å². The van der Waals surface area contributed by atoms with Crippen molar-refractivity contribution in [1.29, 1.82) is 0 Å². The molecule has 24 heavy (non-hydrogen) atoms. The number of rotatable bonds is 2. The summed E-state index contributed by atoms with van der Waals surface area (Å²) >= 11 is 0. The molecule has 4 aliphatic rings. The van der Waals surface area contributed by atoms with E-state index in [1.807, 2.05) is 0 Å². The Morgan fingerprint density at radius 1 is 1.17 bits per heavy atom. The number of fused-ring (bicyclic) bond motifs is 3. The van der Waals surface area contributed by atoms with E-state index in [2.05, 4.69) is 20.4 Å². The Balaban J connectivity index is 0.00000169. The molecule has 0 amide bonds. The van der Waals surface area contributed by atoms with E-state index in [9.17, 15) is 9.90 Å². The van der Waals surface area contributed by atoms with Crippen molar-refractivity contribution >= 4 is 6.29 Å². The molecule has 4 fully saturated rings. The van der Waals surface area contributed by atoms with Gasteiger partial charge in [0.05, 0.1) is 6.10 Å². The van der Waals surface area contributed by atoms with Crippen LogP contribution in [0.15, 0.2) is 12.2 Å². The first kappa shape index (κ1) is 18.1. The fraction of sp³-hybridized carbons (Fsp3) is 0.857. The lowest BCUT2D eigenvalue weighted by Crippen LogP contribution is -2.50. The highest BCUT2D eigenvalue weighted by atomic mass is 16.6. The van der Waals surface area contributed by atoms with E-state index in [-0.39, 0.29) is 36.2 Å². The maximum atomic E-state index is 12.1. The molecule has 136 valence electrons. The Hall–Kier alpha value is -0.670. The monoisotopic (exact) mass is 334 g/mol. The minimum atomic E-state index is -0.633. The minimum Gasteiger partial charge on any atom is -0.368 e. The van der Waals surface area contributed by atoms with Crippen LogP contribution in [0.1, 0.15) is 66.2 Å². The van der Waals surface area contributed by atoms with Gasteiger partial charge in [0.15, 0.2) is 6.29 Å². The van der Waals surface area contributed by atoms with Gasteiger partial charge in [-0.15, -0.1) is 0 Å². The second-order valence-corrected chi connectivity index (χ2v) is 9.06. The number of carbonyl (C=O) groups excluding carboxylic acids is 1. The van der Waals surface area contributed by atoms with Crippen molar-refractivity contribution in [1.82, 2.24) is 0 Å². The van der Waals surface area contributed by atoms with Crippen molar-refractivity contribution in [2.45, 2.75) is 78.6 Å². The summed E-state index contributed by atoms with van der Waals surface area (Å²) in [7, 11) is 0. The minimum absolute atomic E-state index is 0. The van der Waals surface area contributed by atoms with Crippen molar-refractivity contribution in [2.75, 3.05) is 0 Å². The molecule has 1 aliphatic heterocycles. The van der Waals surface area contributed by atoms with Gasteiger partial charge in [-0.2, -0.15) is 0 Å². The van der Waals surface area contributed by atoms with E-state index in [1.165, 1.54) is 11.9 Å². The molecule has 4 rings (SSSR count). The molecular formula is C21H34O3. The molecule has 0 aromatic carbocycles. The zero-order valence-electron chi connectivity index (χ0n) is 14.5. The van der Waals surface area contributed by atoms with Crippen LogP contribution < -0.4 is 0 Å². The number of aliphatic hydroxyl groups excluding tert-OH is 1. The van der Waals surface area contributed by atoms with Gasteiger partial charge in [0.25, 0.3) is 0 Å². The Morgan fingerprint density at radius 3 is 2.62 bits per heavy atom. The topological polar surface area (TPSA) is 46.5 Å². The summed E-state index contributed by atoms with van der Waals surface area (Å²) < 4.78 is 5.72. The molecule has 1 N–H and O–H groups in total. The van der Waals surface area contributed by atoms with Gasteiger partial charge < -0.3 is 14.6 Å². The summed E-state index contributed by atoms with van der Waals surface area (Å²) in [6.45, 7) is 8.95. The zero-order valence-corrected chi connectivity index (χ0v) is 14.5. The maximum absolute atomic E-state index is 12.1. The van der Waals surface area contributed by atoms with Crippen molar-refractivity contribution in [3.63, 3.8) is 0 Å². The smallest absolute Gasteiger partial charge is 0.158 e. The van der Waals surface area contributed by atoms with Gasteiger partial charge in [-0.05, 0) is 67.6 Å². The zero-order chi connectivity index (χ0) is 16.4. The molecule has 0 radical (unpaired) electrons. The fourth-order valence-electron chi connectivity index (χ4n) is 6.71. The number of carbonyl (C=O) groups is 1. The number of hydrogen-bond donors (Lipinski definition) is 1. The van der Waals surface area contributed by atoms with Crippen LogP contribution in [0.5, 0.6) is 0 Å². The highest BCUT2D eigenvalue weighted by Gasteiger charge is 2.59. The van der Waals surface area contributed by atoms with Crippen molar-refractivity contribution in [2.24, 2.45) is 34.5 Å². The number of aliphatic hydroxyl groups is 1. The first-order chi connectivity index (χ1) is 10.9. The molecule has 2 bridgehead atoms. The summed E-state index contributed by atoms with van der Waals surface area (Å²) in [6.07, 6.45) is 8.33. The summed E-state index contributed by atoms with van der Waals surface area (Å²) in [5, 5.41) is 10.4. The fourth-order valence-corrected chi connectivity index (χ4v) is 6.71. The molecule has 3 heteroatoms. The summed E-state index contributed by atoms with van der Waals surface area (Å²) in [5.74, 6) is 1.14. The van der Waals surface area contributed by atoms with Crippen LogP contribution in [0.25, 0.3) is 0 Å². The second-order valence-electron chi connectivity index (χ2n) is 9.06. The summed E-state index contributed by atoms with van der Waals surface area (Å²) in [4.78, 5) is 12.1. The van der Waals surface area contributed by atoms with Gasteiger partial charge >= 0.3 is 0 Å². The SMILES string of the molecule is C.C=C1CC[C@H]2[C@H](C=O)[C@@H]([C@@]3(C)CC[C@H]4C[C@@H]3C(O)O4)CC[C@]12C. The third kappa shape index (κ3) is 2.27. The van der Waals surface area contributed by atoms with Gasteiger partial charge in [0, 0.05) is 11.8 Å². The van der Waals surface area contributed by atoms with Crippen LogP contribution in [0.4, 0.5) is 0 Å². The van der Waals surface area contributed by atoms with Crippen LogP contribution >= 0.6 is 0 Å². The van der Waals surface area contributed by atoms with E-state index in [0.717, 1.165) is 44.9 Å². The summed E-state index contributed by atoms with van der Waals surface area (Å²) in [5.41, 5.74) is 1.54. The summed E-state index contributed by atoms with van der Waals surface area (Å²) in [6, 6.07) is 0. The molecule has 1 heterocycles. The molecule has 0 aromatic heterocycles. The number of aldehydes is 1. The molecule has 1 unspecified atom stereocenters. The predicted molar refractivity (Wildman–Crippen MR) is 95.3 cm³/mol. The second kappa shape index (κ2) is 5.95. The molecule has 3 aliphatic carbocycles. The van der Waals surface area contributed by atoms with Crippen LogP contribution in [-0.4, -0.2) is 23.8 Å². The third-order valence-electron chi connectivity index (χ3n) is 8.34. The number of ether oxygens (including phenoxy) is 1. The van der Waals surface area contributed by atoms with Gasteiger partial charge in [0.2, 0.25) is 0 Å². The Kier molecular flexibility index (Phi) is 4.49. The van der Waals surface area contributed by atoms with E-state index < -0.39 is 6.29 Å². The maximum Gasteiger partial charge on any atom is 0.158 e. The largest absolute Gasteiger partial charge is 0.368 e. The highest BCUT2D eigenvalue weighted by Crippen LogP contribution is 2.64. The Bertz CT molecular complexity index is 529. The van der Waals surface area contributed by atoms with Gasteiger partial charge in [-0.3, -0.25) is 0 Å². The lowest BCUT2D eigenvalue weighted by atomic mass is 9.50. The molecule has 0 aromatic rings. The molecule has 1 saturated heterocycles. The third-order valence-corrected chi connectivity index (χ3v) is 8.34. The van der Waals surface area contributed by atoms with Gasteiger partial charge in [-0.1, -0.05) is 33.4 Å². The quantitative estimate of drug-likeness (QED) is 0.603. The lowest BCUT2D eigenvalue weighted by Gasteiger charge is -2.54. The van der Waals surface area contributed by atoms with Crippen LogP contribution in [-0.2, 0) is 9.53 Å². The standard InChI is InChI=1S/C20H30O3.CH4/c1-12-4-5-15-14(11-21)16(7-9-19(12,15)2)20(3)8-6-13-10-17(20)18(22)23-13;/h11,13-18,22H,1,4-10H2,2-3H3;1H4/t13-,14-,15-,16-,17+,18?,19+,20+;/m0./s1. The highest BCUT2D eigenvalue weighted by molar-refractivity contribution is 5.56. The van der Waals surface area contributed by atoms with Crippen molar-refractivity contribution in [3.8, 4) is 0 Å². The Labute approximate surface area is 146 Å². The molecule has 3 saturated carbocycles. The lowest BCUT2D eigenvalue weighted by molar-refractivity contribution is -0.139. The molecule has 3 nitrogen and oxygen atoms in total. The van der Waals surface area contributed by atoms with Crippen LogP contribution in [0.2, 0.25) is 0 Å². The van der Waals surface area contributed by atoms with Gasteiger partial charge in [-0.25, -0.2) is 0 Å². The molecular weight excluding hydrogens is 300 g/mol. The first-order valence-corrected chi connectivity index (χ1v) is 9.37. The van der Waals surface area contributed by atoms with Crippen molar-refractivity contribution < 1.29 is 14.6 Å². The normalized spacial score (nSPS) is 53.4.